The van der Waals surface area contributed by atoms with Gasteiger partial charge < -0.3 is 15.5 Å². The van der Waals surface area contributed by atoms with Crippen LogP contribution in [0.25, 0.3) is 12.2 Å². The molecule has 0 aromatic heterocycles. The Kier molecular flexibility index (Phi) is 4.99. The van der Waals surface area contributed by atoms with E-state index in [1.165, 1.54) is 16.7 Å². The fourth-order valence-corrected chi connectivity index (χ4v) is 4.23. The molecule has 0 saturated carbocycles. The van der Waals surface area contributed by atoms with Gasteiger partial charge in [-0.2, -0.15) is 0 Å². The van der Waals surface area contributed by atoms with Gasteiger partial charge in [0.05, 0.1) is 12.1 Å². The van der Waals surface area contributed by atoms with E-state index in [0.29, 0.717) is 5.92 Å². The van der Waals surface area contributed by atoms with Crippen LogP contribution in [0.15, 0.2) is 54.6 Å². The van der Waals surface area contributed by atoms with Gasteiger partial charge in [0.15, 0.2) is 0 Å². The first-order chi connectivity index (χ1) is 13.1. The quantitative estimate of drug-likeness (QED) is 0.816. The van der Waals surface area contributed by atoms with Crippen molar-refractivity contribution in [3.63, 3.8) is 0 Å². The number of piperazine rings is 1. The summed E-state index contributed by atoms with van der Waals surface area (Å²) < 4.78 is 0. The molecule has 2 aliphatic heterocycles. The van der Waals surface area contributed by atoms with Gasteiger partial charge in [0.1, 0.15) is 0 Å². The number of nitrogens with zero attached hydrogens (tertiary/aromatic N) is 1. The Morgan fingerprint density at radius 3 is 2.19 bits per heavy atom. The summed E-state index contributed by atoms with van der Waals surface area (Å²) in [6, 6.07) is 19.8. The predicted molar refractivity (Wildman–Crippen MR) is 111 cm³/mol. The van der Waals surface area contributed by atoms with Crippen molar-refractivity contribution in [1.82, 2.24) is 15.5 Å². The second kappa shape index (κ2) is 7.57. The Morgan fingerprint density at radius 2 is 1.59 bits per heavy atom. The van der Waals surface area contributed by atoms with Crippen LogP contribution < -0.4 is 10.6 Å². The molecule has 2 fully saturated rings. The molecule has 2 heterocycles. The van der Waals surface area contributed by atoms with E-state index in [1.807, 2.05) is 36.9 Å². The zero-order chi connectivity index (χ0) is 18.8. The smallest absolute Gasteiger partial charge is 0.318 e. The van der Waals surface area contributed by atoms with Gasteiger partial charge in [-0.05, 0) is 30.5 Å². The third-order valence-corrected chi connectivity index (χ3v) is 5.49. The average Bonchev–Trinajstić information content (AvgIpc) is 2.68. The minimum absolute atomic E-state index is 0.0696. The highest BCUT2D eigenvalue weighted by molar-refractivity contribution is 5.77. The largest absolute Gasteiger partial charge is 0.336 e. The minimum Gasteiger partial charge on any atom is -0.336 e. The summed E-state index contributed by atoms with van der Waals surface area (Å²) in [6.45, 7) is 5.74. The highest BCUT2D eigenvalue weighted by atomic mass is 16.2. The van der Waals surface area contributed by atoms with E-state index in [0.717, 1.165) is 13.1 Å². The first kappa shape index (κ1) is 17.8. The number of hydrogen-bond acceptors (Lipinski definition) is 2. The summed E-state index contributed by atoms with van der Waals surface area (Å²) in [7, 11) is 0. The molecule has 4 heteroatoms. The predicted octanol–water partition coefficient (Wildman–Crippen LogP) is 3.71. The molecule has 2 saturated heterocycles. The molecule has 4 rings (SSSR count). The number of amides is 2. The standard InChI is InChI=1S/C23H27N3O/c1-16(2)25-23(27)26-20-14-24-15-21(26)22(20)19-12-10-18(11-13-19)9-8-17-6-4-3-5-7-17/h3-13,16,20-22,24H,14-15H2,1-2H3,(H,25,27)/b9-8+/t20-,21+,22?. The lowest BCUT2D eigenvalue weighted by atomic mass is 9.72. The van der Waals surface area contributed by atoms with Crippen molar-refractivity contribution in [1.29, 1.82) is 0 Å². The third kappa shape index (κ3) is 3.62. The van der Waals surface area contributed by atoms with Gasteiger partial charge in [-0.1, -0.05) is 66.7 Å². The molecule has 2 amide bonds. The van der Waals surface area contributed by atoms with E-state index in [4.69, 9.17) is 0 Å². The van der Waals surface area contributed by atoms with Crippen molar-refractivity contribution in [2.24, 2.45) is 0 Å². The Morgan fingerprint density at radius 1 is 1.00 bits per heavy atom. The Hall–Kier alpha value is -2.59. The molecular formula is C23H27N3O. The lowest BCUT2D eigenvalue weighted by Gasteiger charge is -2.59. The number of fused-ring (bicyclic) bond motifs is 2. The maximum atomic E-state index is 12.5. The van der Waals surface area contributed by atoms with Crippen molar-refractivity contribution >= 4 is 18.2 Å². The molecule has 27 heavy (non-hydrogen) atoms. The summed E-state index contributed by atoms with van der Waals surface area (Å²) in [5.41, 5.74) is 3.73. The molecular weight excluding hydrogens is 334 g/mol. The van der Waals surface area contributed by atoms with Crippen molar-refractivity contribution in [3.05, 3.63) is 71.3 Å². The first-order valence-electron chi connectivity index (χ1n) is 9.76. The lowest BCUT2D eigenvalue weighted by Crippen LogP contribution is -2.75. The number of nitrogens with one attached hydrogen (secondary N) is 2. The first-order valence-corrected chi connectivity index (χ1v) is 9.76. The van der Waals surface area contributed by atoms with Crippen LogP contribution >= 0.6 is 0 Å². The zero-order valence-electron chi connectivity index (χ0n) is 15.9. The normalized spacial score (nSPS) is 24.1. The summed E-state index contributed by atoms with van der Waals surface area (Å²) >= 11 is 0. The Bertz CT molecular complexity index is 801. The third-order valence-electron chi connectivity index (χ3n) is 5.49. The van der Waals surface area contributed by atoms with Crippen molar-refractivity contribution < 1.29 is 4.79 Å². The molecule has 2 aromatic carbocycles. The summed E-state index contributed by atoms with van der Waals surface area (Å²) in [4.78, 5) is 14.5. The van der Waals surface area contributed by atoms with Crippen LogP contribution in [0.5, 0.6) is 0 Å². The van der Waals surface area contributed by atoms with Crippen LogP contribution in [0.3, 0.4) is 0 Å². The Balaban J connectivity index is 1.45. The van der Waals surface area contributed by atoms with Gasteiger partial charge in [-0.15, -0.1) is 0 Å². The Labute approximate surface area is 161 Å². The topological polar surface area (TPSA) is 44.4 Å². The number of carbonyl (C=O) groups is 1. The number of hydrogen-bond donors (Lipinski definition) is 2. The van der Waals surface area contributed by atoms with E-state index >= 15 is 0 Å². The van der Waals surface area contributed by atoms with Crippen LogP contribution in [-0.4, -0.2) is 42.1 Å². The fraction of sp³-hybridized carbons (Fsp3) is 0.348. The van der Waals surface area contributed by atoms with Gasteiger partial charge in [0.2, 0.25) is 0 Å². The van der Waals surface area contributed by atoms with Gasteiger partial charge in [-0.3, -0.25) is 0 Å². The molecule has 3 atom stereocenters. The van der Waals surface area contributed by atoms with Crippen LogP contribution in [0.4, 0.5) is 4.79 Å². The highest BCUT2D eigenvalue weighted by Crippen LogP contribution is 2.42. The SMILES string of the molecule is CC(C)NC(=O)N1[C@@H]2CNC[C@H]1C2c1ccc(/C=C/c2ccccc2)cc1. The number of carbonyl (C=O) groups excluding carboxylic acids is 1. The molecule has 4 nitrogen and oxygen atoms in total. The van der Waals surface area contributed by atoms with E-state index in [1.54, 1.807) is 0 Å². The van der Waals surface area contributed by atoms with E-state index in [9.17, 15) is 4.79 Å². The van der Waals surface area contributed by atoms with E-state index in [-0.39, 0.29) is 24.2 Å². The summed E-state index contributed by atoms with van der Waals surface area (Å²) in [5.74, 6) is 0.427. The number of piperidine rings is 1. The second-order valence-electron chi connectivity index (χ2n) is 7.74. The summed E-state index contributed by atoms with van der Waals surface area (Å²) in [6.07, 6.45) is 4.28. The zero-order valence-corrected chi connectivity index (χ0v) is 15.9. The molecule has 0 spiro atoms. The van der Waals surface area contributed by atoms with Crippen molar-refractivity contribution in [3.8, 4) is 0 Å². The van der Waals surface area contributed by atoms with Gasteiger partial charge >= 0.3 is 6.03 Å². The van der Waals surface area contributed by atoms with Gasteiger partial charge in [0, 0.05) is 25.0 Å². The molecule has 1 unspecified atom stereocenters. The van der Waals surface area contributed by atoms with Gasteiger partial charge in [0.25, 0.3) is 0 Å². The van der Waals surface area contributed by atoms with E-state index in [2.05, 4.69) is 59.2 Å². The second-order valence-corrected chi connectivity index (χ2v) is 7.74. The molecule has 0 aliphatic carbocycles. The van der Waals surface area contributed by atoms with E-state index < -0.39 is 0 Å². The number of urea groups is 1. The maximum absolute atomic E-state index is 12.5. The summed E-state index contributed by atoms with van der Waals surface area (Å²) in [5, 5.41) is 6.48. The lowest BCUT2D eigenvalue weighted by molar-refractivity contribution is -0.00414. The van der Waals surface area contributed by atoms with Crippen LogP contribution in [0, 0.1) is 0 Å². The maximum Gasteiger partial charge on any atom is 0.318 e. The minimum atomic E-state index is 0.0696. The molecule has 140 valence electrons. The molecule has 2 aromatic rings. The number of rotatable bonds is 4. The van der Waals surface area contributed by atoms with Crippen molar-refractivity contribution in [2.75, 3.05) is 13.1 Å². The molecule has 2 N–H and O–H groups in total. The van der Waals surface area contributed by atoms with Gasteiger partial charge in [-0.25, -0.2) is 4.79 Å². The van der Waals surface area contributed by atoms with Crippen molar-refractivity contribution in [2.45, 2.75) is 37.9 Å². The molecule has 2 aliphatic rings. The molecule has 2 bridgehead atoms. The number of benzene rings is 2. The fourth-order valence-electron chi connectivity index (χ4n) is 4.23. The molecule has 0 radical (unpaired) electrons. The van der Waals surface area contributed by atoms with Crippen LogP contribution in [0.2, 0.25) is 0 Å². The van der Waals surface area contributed by atoms with Crippen LogP contribution in [0.1, 0.15) is 36.5 Å². The highest BCUT2D eigenvalue weighted by Gasteiger charge is 2.53. The van der Waals surface area contributed by atoms with Crippen LogP contribution in [-0.2, 0) is 0 Å². The monoisotopic (exact) mass is 361 g/mol. The average molecular weight is 361 g/mol.